The Hall–Kier alpha value is -2.74. The van der Waals surface area contributed by atoms with Crippen LogP contribution >= 0.6 is 0 Å². The topological polar surface area (TPSA) is 82.7 Å². The standard InChI is InChI=1S/C18H23N7O/c1-14(26-16-3-2-6-20-11-16)12-24-10-9-21-18(24)17-13-25(23-22-17)15-4-7-19-8-5-15/h2-3,6,9-11,13-15,19H,4-5,7-8,12H2,1H3. The van der Waals surface area contributed by atoms with Crippen LogP contribution in [0.1, 0.15) is 25.8 Å². The third-order valence-electron chi connectivity index (χ3n) is 4.56. The number of hydrogen-bond acceptors (Lipinski definition) is 6. The second-order valence-corrected chi connectivity index (χ2v) is 6.59. The van der Waals surface area contributed by atoms with E-state index in [1.807, 2.05) is 36.1 Å². The highest BCUT2D eigenvalue weighted by molar-refractivity contribution is 5.47. The fraction of sp³-hybridized carbons (Fsp3) is 0.444. The molecule has 0 aliphatic carbocycles. The number of nitrogens with one attached hydrogen (secondary N) is 1. The Morgan fingerprint density at radius 1 is 1.31 bits per heavy atom. The molecule has 8 nitrogen and oxygen atoms in total. The van der Waals surface area contributed by atoms with Gasteiger partial charge in [0, 0.05) is 18.6 Å². The van der Waals surface area contributed by atoms with Crippen LogP contribution in [0, 0.1) is 0 Å². The second kappa shape index (κ2) is 7.65. The van der Waals surface area contributed by atoms with Gasteiger partial charge in [0.15, 0.2) is 5.82 Å². The van der Waals surface area contributed by atoms with Crippen molar-refractivity contribution in [1.29, 1.82) is 0 Å². The Bertz CT molecular complexity index is 823. The first-order valence-corrected chi connectivity index (χ1v) is 9.00. The van der Waals surface area contributed by atoms with Crippen LogP contribution < -0.4 is 10.1 Å². The van der Waals surface area contributed by atoms with Crippen LogP contribution in [0.4, 0.5) is 0 Å². The number of piperidine rings is 1. The van der Waals surface area contributed by atoms with Gasteiger partial charge in [0.25, 0.3) is 0 Å². The first-order valence-electron chi connectivity index (χ1n) is 9.00. The summed E-state index contributed by atoms with van der Waals surface area (Å²) in [5.74, 6) is 1.57. The van der Waals surface area contributed by atoms with Crippen molar-refractivity contribution >= 4 is 0 Å². The van der Waals surface area contributed by atoms with E-state index in [1.165, 1.54) is 0 Å². The SMILES string of the molecule is CC(Cn1ccnc1-c1cn(C2CCNCC2)nn1)Oc1cccnc1. The van der Waals surface area contributed by atoms with Crippen LogP contribution in [-0.4, -0.2) is 48.7 Å². The van der Waals surface area contributed by atoms with Crippen molar-refractivity contribution in [1.82, 2.24) is 34.8 Å². The minimum atomic E-state index is -0.0217. The van der Waals surface area contributed by atoms with Gasteiger partial charge in [-0.15, -0.1) is 5.10 Å². The monoisotopic (exact) mass is 353 g/mol. The zero-order valence-electron chi connectivity index (χ0n) is 14.8. The van der Waals surface area contributed by atoms with Crippen molar-refractivity contribution in [3.63, 3.8) is 0 Å². The highest BCUT2D eigenvalue weighted by Crippen LogP contribution is 2.21. The molecule has 4 heterocycles. The second-order valence-electron chi connectivity index (χ2n) is 6.59. The average Bonchev–Trinajstić information content (AvgIpc) is 3.32. The van der Waals surface area contributed by atoms with Gasteiger partial charge in [-0.05, 0) is 45.0 Å². The summed E-state index contributed by atoms with van der Waals surface area (Å²) < 4.78 is 9.95. The van der Waals surface area contributed by atoms with E-state index in [1.54, 1.807) is 18.6 Å². The van der Waals surface area contributed by atoms with Crippen molar-refractivity contribution in [3.05, 3.63) is 43.1 Å². The smallest absolute Gasteiger partial charge is 0.162 e. The summed E-state index contributed by atoms with van der Waals surface area (Å²) in [6.45, 7) is 4.75. The summed E-state index contributed by atoms with van der Waals surface area (Å²) in [7, 11) is 0. The molecule has 26 heavy (non-hydrogen) atoms. The van der Waals surface area contributed by atoms with Crippen molar-refractivity contribution < 1.29 is 4.74 Å². The minimum Gasteiger partial charge on any atom is -0.487 e. The van der Waals surface area contributed by atoms with Gasteiger partial charge in [-0.2, -0.15) is 0 Å². The van der Waals surface area contributed by atoms with Crippen LogP contribution in [-0.2, 0) is 6.54 Å². The average molecular weight is 353 g/mol. The number of imidazole rings is 1. The summed E-state index contributed by atoms with van der Waals surface area (Å²) in [5, 5.41) is 12.0. The van der Waals surface area contributed by atoms with E-state index >= 15 is 0 Å². The van der Waals surface area contributed by atoms with Crippen LogP contribution in [0.2, 0.25) is 0 Å². The number of hydrogen-bond donors (Lipinski definition) is 1. The summed E-state index contributed by atoms with van der Waals surface area (Å²) >= 11 is 0. The molecule has 1 aliphatic heterocycles. The molecular weight excluding hydrogens is 330 g/mol. The van der Waals surface area contributed by atoms with Crippen LogP contribution in [0.5, 0.6) is 5.75 Å². The molecule has 3 aromatic rings. The molecule has 0 bridgehead atoms. The van der Waals surface area contributed by atoms with Gasteiger partial charge in [-0.25, -0.2) is 9.67 Å². The van der Waals surface area contributed by atoms with Gasteiger partial charge < -0.3 is 14.6 Å². The fourth-order valence-electron chi connectivity index (χ4n) is 3.28. The Morgan fingerprint density at radius 3 is 3.00 bits per heavy atom. The Labute approximate surface area is 152 Å². The van der Waals surface area contributed by atoms with E-state index in [0.717, 1.165) is 43.2 Å². The lowest BCUT2D eigenvalue weighted by molar-refractivity contribution is 0.199. The summed E-state index contributed by atoms with van der Waals surface area (Å²) in [6.07, 6.45) is 11.3. The summed E-state index contributed by atoms with van der Waals surface area (Å²) in [6, 6.07) is 4.18. The fourth-order valence-corrected chi connectivity index (χ4v) is 3.28. The number of nitrogens with zero attached hydrogens (tertiary/aromatic N) is 6. The molecule has 1 aliphatic rings. The van der Waals surface area contributed by atoms with E-state index in [0.29, 0.717) is 12.6 Å². The normalized spacial score (nSPS) is 16.5. The van der Waals surface area contributed by atoms with E-state index in [-0.39, 0.29) is 6.10 Å². The van der Waals surface area contributed by atoms with E-state index < -0.39 is 0 Å². The predicted octanol–water partition coefficient (Wildman–Crippen LogP) is 1.93. The van der Waals surface area contributed by atoms with Gasteiger partial charge in [0.1, 0.15) is 17.5 Å². The maximum atomic E-state index is 5.92. The van der Waals surface area contributed by atoms with Crippen LogP contribution in [0.3, 0.4) is 0 Å². The van der Waals surface area contributed by atoms with Crippen molar-refractivity contribution in [2.45, 2.75) is 38.5 Å². The number of ether oxygens (including phenoxy) is 1. The summed E-state index contributed by atoms with van der Waals surface area (Å²) in [4.78, 5) is 8.55. The van der Waals surface area contributed by atoms with Gasteiger partial charge >= 0.3 is 0 Å². The van der Waals surface area contributed by atoms with Crippen molar-refractivity contribution in [2.75, 3.05) is 13.1 Å². The zero-order valence-corrected chi connectivity index (χ0v) is 14.8. The maximum absolute atomic E-state index is 5.92. The highest BCUT2D eigenvalue weighted by atomic mass is 16.5. The molecule has 1 unspecified atom stereocenters. The Morgan fingerprint density at radius 2 is 2.19 bits per heavy atom. The zero-order chi connectivity index (χ0) is 17.8. The molecule has 4 rings (SSSR count). The Balaban J connectivity index is 1.46. The molecule has 0 spiro atoms. The van der Waals surface area contributed by atoms with Crippen molar-refractivity contribution in [3.8, 4) is 17.3 Å². The van der Waals surface area contributed by atoms with Crippen LogP contribution in [0.25, 0.3) is 11.5 Å². The van der Waals surface area contributed by atoms with Gasteiger partial charge in [-0.1, -0.05) is 5.21 Å². The van der Waals surface area contributed by atoms with Gasteiger partial charge in [-0.3, -0.25) is 4.98 Å². The van der Waals surface area contributed by atoms with Crippen LogP contribution in [0.15, 0.2) is 43.1 Å². The Kier molecular flexibility index (Phi) is 4.92. The maximum Gasteiger partial charge on any atom is 0.162 e. The van der Waals surface area contributed by atoms with Crippen molar-refractivity contribution in [2.24, 2.45) is 0 Å². The molecule has 0 radical (unpaired) electrons. The van der Waals surface area contributed by atoms with Gasteiger partial charge in [0.05, 0.1) is 25.0 Å². The third-order valence-corrected chi connectivity index (χ3v) is 4.56. The molecule has 3 aromatic heterocycles. The highest BCUT2D eigenvalue weighted by Gasteiger charge is 2.19. The molecule has 1 saturated heterocycles. The number of aromatic nitrogens is 6. The molecule has 0 aromatic carbocycles. The molecule has 136 valence electrons. The van der Waals surface area contributed by atoms with E-state index in [2.05, 4.69) is 30.2 Å². The molecule has 1 fully saturated rings. The molecule has 1 atom stereocenters. The lowest BCUT2D eigenvalue weighted by Gasteiger charge is -2.22. The van der Waals surface area contributed by atoms with Gasteiger partial charge in [0.2, 0.25) is 0 Å². The molecular formula is C18H23N7O. The molecule has 8 heteroatoms. The quantitative estimate of drug-likeness (QED) is 0.729. The predicted molar refractivity (Wildman–Crippen MR) is 96.7 cm³/mol. The molecule has 0 amide bonds. The lowest BCUT2D eigenvalue weighted by Crippen LogP contribution is -2.29. The molecule has 0 saturated carbocycles. The number of rotatable bonds is 6. The molecule has 1 N–H and O–H groups in total. The van der Waals surface area contributed by atoms with E-state index in [9.17, 15) is 0 Å². The van der Waals surface area contributed by atoms with E-state index in [4.69, 9.17) is 4.74 Å². The third kappa shape index (κ3) is 3.75. The summed E-state index contributed by atoms with van der Waals surface area (Å²) in [5.41, 5.74) is 0.794. The first-order chi connectivity index (χ1) is 12.8. The largest absolute Gasteiger partial charge is 0.487 e. The minimum absolute atomic E-state index is 0.0217. The number of pyridine rings is 1. The first kappa shape index (κ1) is 16.7. The lowest BCUT2D eigenvalue weighted by atomic mass is 10.1.